The highest BCUT2D eigenvalue weighted by molar-refractivity contribution is 6.03. The van der Waals surface area contributed by atoms with Gasteiger partial charge >= 0.3 is 0 Å². The van der Waals surface area contributed by atoms with Crippen LogP contribution in [0.4, 0.5) is 10.1 Å². The number of halogens is 1. The van der Waals surface area contributed by atoms with Gasteiger partial charge in [0.1, 0.15) is 11.6 Å². The maximum Gasteiger partial charge on any atom is 0.277 e. The maximum atomic E-state index is 14.5. The smallest absolute Gasteiger partial charge is 0.277 e. The fourth-order valence-corrected chi connectivity index (χ4v) is 2.48. The highest BCUT2D eigenvalue weighted by Crippen LogP contribution is 2.25. The van der Waals surface area contributed by atoms with Crippen molar-refractivity contribution in [2.24, 2.45) is 0 Å². The molecule has 22 heavy (non-hydrogen) atoms. The van der Waals surface area contributed by atoms with E-state index in [1.54, 1.807) is 12.1 Å². The van der Waals surface area contributed by atoms with Gasteiger partial charge in [0, 0.05) is 18.5 Å². The van der Waals surface area contributed by atoms with Crippen LogP contribution < -0.4 is 10.6 Å². The summed E-state index contributed by atoms with van der Waals surface area (Å²) in [6.07, 6.45) is 0.617. The molecule has 2 heterocycles. The van der Waals surface area contributed by atoms with E-state index in [1.165, 1.54) is 0 Å². The third-order valence-corrected chi connectivity index (χ3v) is 3.79. The Morgan fingerprint density at radius 2 is 2.27 bits per heavy atom. The first-order valence-electron chi connectivity index (χ1n) is 7.35. The minimum atomic E-state index is -0.469. The predicted molar refractivity (Wildman–Crippen MR) is 80.4 cm³/mol. The zero-order chi connectivity index (χ0) is 15.7. The van der Waals surface area contributed by atoms with E-state index in [-0.39, 0.29) is 23.1 Å². The SMILES string of the molecule is CC(C)c1cc(C(=O)Nc2ccc3c(c2F)CCNC3)no1. The zero-order valence-electron chi connectivity index (χ0n) is 12.6. The number of rotatable bonds is 3. The molecule has 116 valence electrons. The van der Waals surface area contributed by atoms with Gasteiger partial charge in [0.15, 0.2) is 5.69 Å². The number of fused-ring (bicyclic) bond motifs is 1. The number of carbonyl (C=O) groups excluding carboxylic acids is 1. The highest BCUT2D eigenvalue weighted by Gasteiger charge is 2.20. The Hall–Kier alpha value is -2.21. The molecule has 1 amide bonds. The Morgan fingerprint density at radius 1 is 1.45 bits per heavy atom. The van der Waals surface area contributed by atoms with E-state index in [0.29, 0.717) is 24.3 Å². The van der Waals surface area contributed by atoms with Gasteiger partial charge in [-0.3, -0.25) is 4.79 Å². The van der Waals surface area contributed by atoms with E-state index in [1.807, 2.05) is 19.9 Å². The summed E-state index contributed by atoms with van der Waals surface area (Å²) >= 11 is 0. The summed E-state index contributed by atoms with van der Waals surface area (Å²) in [4.78, 5) is 12.2. The number of benzene rings is 1. The first-order chi connectivity index (χ1) is 10.6. The lowest BCUT2D eigenvalue weighted by atomic mass is 9.99. The predicted octanol–water partition coefficient (Wildman–Crippen LogP) is 2.84. The second-order valence-corrected chi connectivity index (χ2v) is 5.71. The second kappa shape index (κ2) is 5.88. The van der Waals surface area contributed by atoms with E-state index in [9.17, 15) is 9.18 Å². The monoisotopic (exact) mass is 303 g/mol. The first-order valence-corrected chi connectivity index (χ1v) is 7.35. The van der Waals surface area contributed by atoms with Crippen LogP contribution >= 0.6 is 0 Å². The molecule has 1 aromatic carbocycles. The minimum Gasteiger partial charge on any atom is -0.360 e. The molecule has 0 atom stereocenters. The number of nitrogens with zero attached hydrogens (tertiary/aromatic N) is 1. The number of amides is 1. The molecule has 0 saturated carbocycles. The van der Waals surface area contributed by atoms with Gasteiger partial charge in [-0.15, -0.1) is 0 Å². The zero-order valence-corrected chi connectivity index (χ0v) is 12.6. The van der Waals surface area contributed by atoms with Crippen molar-refractivity contribution in [1.29, 1.82) is 0 Å². The molecule has 0 fully saturated rings. The molecular formula is C16H18FN3O2. The quantitative estimate of drug-likeness (QED) is 0.915. The number of hydrogen-bond donors (Lipinski definition) is 2. The normalized spacial score (nSPS) is 14.0. The summed E-state index contributed by atoms with van der Waals surface area (Å²) in [5, 5.41) is 9.49. The largest absolute Gasteiger partial charge is 0.360 e. The number of aromatic nitrogens is 1. The lowest BCUT2D eigenvalue weighted by Crippen LogP contribution is -2.25. The van der Waals surface area contributed by atoms with Crippen LogP contribution in [0.2, 0.25) is 0 Å². The fourth-order valence-electron chi connectivity index (χ4n) is 2.48. The van der Waals surface area contributed by atoms with E-state index in [2.05, 4.69) is 15.8 Å². The van der Waals surface area contributed by atoms with Crippen LogP contribution in [0.15, 0.2) is 22.7 Å². The van der Waals surface area contributed by atoms with Gasteiger partial charge in [0.25, 0.3) is 5.91 Å². The summed E-state index contributed by atoms with van der Waals surface area (Å²) in [6.45, 7) is 5.28. The molecular weight excluding hydrogens is 285 g/mol. The fraction of sp³-hybridized carbons (Fsp3) is 0.375. The van der Waals surface area contributed by atoms with Crippen LogP contribution in [-0.2, 0) is 13.0 Å². The van der Waals surface area contributed by atoms with Crippen molar-refractivity contribution in [3.63, 3.8) is 0 Å². The van der Waals surface area contributed by atoms with Crippen molar-refractivity contribution in [1.82, 2.24) is 10.5 Å². The van der Waals surface area contributed by atoms with Crippen molar-refractivity contribution in [2.75, 3.05) is 11.9 Å². The summed E-state index contributed by atoms with van der Waals surface area (Å²) in [5.74, 6) is -0.0625. The van der Waals surface area contributed by atoms with Gasteiger partial charge in [-0.1, -0.05) is 25.1 Å². The van der Waals surface area contributed by atoms with E-state index in [4.69, 9.17) is 4.52 Å². The Kier molecular flexibility index (Phi) is 3.94. The van der Waals surface area contributed by atoms with E-state index >= 15 is 0 Å². The lowest BCUT2D eigenvalue weighted by Gasteiger charge is -2.19. The summed E-state index contributed by atoms with van der Waals surface area (Å²) in [7, 11) is 0. The van der Waals surface area contributed by atoms with E-state index in [0.717, 1.165) is 12.1 Å². The molecule has 3 rings (SSSR count). The van der Waals surface area contributed by atoms with Crippen molar-refractivity contribution in [3.8, 4) is 0 Å². The van der Waals surface area contributed by atoms with Crippen LogP contribution in [0.1, 0.15) is 47.1 Å². The summed E-state index contributed by atoms with van der Waals surface area (Å²) in [5.41, 5.74) is 1.94. The van der Waals surface area contributed by atoms with Crippen molar-refractivity contribution in [2.45, 2.75) is 32.7 Å². The van der Waals surface area contributed by atoms with Gasteiger partial charge in [-0.05, 0) is 30.2 Å². The van der Waals surface area contributed by atoms with Gasteiger partial charge in [0.2, 0.25) is 0 Å². The van der Waals surface area contributed by atoms with Crippen molar-refractivity contribution in [3.05, 3.63) is 46.6 Å². The number of anilines is 1. The van der Waals surface area contributed by atoms with Gasteiger partial charge in [0.05, 0.1) is 5.69 Å². The number of nitrogens with one attached hydrogen (secondary N) is 2. The topological polar surface area (TPSA) is 67.2 Å². The minimum absolute atomic E-state index is 0.141. The molecule has 6 heteroatoms. The van der Waals surface area contributed by atoms with Crippen LogP contribution in [0.3, 0.4) is 0 Å². The highest BCUT2D eigenvalue weighted by atomic mass is 19.1. The van der Waals surface area contributed by atoms with Gasteiger partial charge < -0.3 is 15.2 Å². The molecule has 0 aliphatic carbocycles. The van der Waals surface area contributed by atoms with Crippen LogP contribution in [0.5, 0.6) is 0 Å². The van der Waals surface area contributed by atoms with Crippen LogP contribution in [0.25, 0.3) is 0 Å². The van der Waals surface area contributed by atoms with Crippen molar-refractivity contribution < 1.29 is 13.7 Å². The van der Waals surface area contributed by atoms with E-state index < -0.39 is 5.91 Å². The Morgan fingerprint density at radius 3 is 3.00 bits per heavy atom. The van der Waals surface area contributed by atoms with Crippen LogP contribution in [0, 0.1) is 5.82 Å². The second-order valence-electron chi connectivity index (χ2n) is 5.71. The summed E-state index contributed by atoms with van der Waals surface area (Å²) < 4.78 is 19.6. The van der Waals surface area contributed by atoms with Gasteiger partial charge in [-0.25, -0.2) is 4.39 Å². The average Bonchev–Trinajstić information content (AvgIpc) is 3.00. The third-order valence-electron chi connectivity index (χ3n) is 3.79. The molecule has 0 bridgehead atoms. The molecule has 1 aromatic heterocycles. The first kappa shape index (κ1) is 14.7. The lowest BCUT2D eigenvalue weighted by molar-refractivity contribution is 0.101. The Labute approximate surface area is 127 Å². The van der Waals surface area contributed by atoms with Gasteiger partial charge in [-0.2, -0.15) is 0 Å². The molecule has 1 aliphatic heterocycles. The molecule has 0 saturated heterocycles. The third kappa shape index (κ3) is 2.74. The number of hydrogen-bond acceptors (Lipinski definition) is 4. The number of carbonyl (C=O) groups is 1. The molecule has 2 aromatic rings. The Balaban J connectivity index is 1.81. The van der Waals surface area contributed by atoms with Crippen molar-refractivity contribution >= 4 is 11.6 Å². The van der Waals surface area contributed by atoms with Crippen LogP contribution in [-0.4, -0.2) is 17.6 Å². The molecule has 5 nitrogen and oxygen atoms in total. The average molecular weight is 303 g/mol. The summed E-state index contributed by atoms with van der Waals surface area (Å²) in [6, 6.07) is 5.01. The standard InChI is InChI=1S/C16H18FN3O2/c1-9(2)14-7-13(20-22-14)16(21)19-12-4-3-10-8-18-6-5-11(10)15(12)17/h3-4,7,9,18H,5-6,8H2,1-2H3,(H,19,21). The molecule has 1 aliphatic rings. The Bertz CT molecular complexity index is 709. The molecule has 0 radical (unpaired) electrons. The maximum absolute atomic E-state index is 14.5. The molecule has 0 spiro atoms. The molecule has 2 N–H and O–H groups in total. The molecule has 0 unspecified atom stereocenters.